The minimum absolute atomic E-state index is 0.268. The number of hydrogen-bond acceptors (Lipinski definition) is 5. The molecular weight excluding hydrogens is 286 g/mol. The Labute approximate surface area is 127 Å². The van der Waals surface area contributed by atoms with E-state index in [0.29, 0.717) is 35.2 Å². The smallest absolute Gasteiger partial charge is 0.262 e. The summed E-state index contributed by atoms with van der Waals surface area (Å²) in [5.74, 6) is 1.40. The predicted molar refractivity (Wildman–Crippen MR) is 79.8 cm³/mol. The van der Waals surface area contributed by atoms with Gasteiger partial charge in [-0.3, -0.25) is 4.79 Å². The first kappa shape index (κ1) is 14.2. The lowest BCUT2D eigenvalue weighted by molar-refractivity contribution is 0.102. The third kappa shape index (κ3) is 2.57. The average Bonchev–Trinajstić information content (AvgIpc) is 2.98. The van der Waals surface area contributed by atoms with Gasteiger partial charge >= 0.3 is 0 Å². The van der Waals surface area contributed by atoms with Gasteiger partial charge in [0.15, 0.2) is 11.5 Å². The molecule has 1 aromatic heterocycles. The van der Waals surface area contributed by atoms with Gasteiger partial charge in [-0.2, -0.15) is 5.10 Å². The van der Waals surface area contributed by atoms with E-state index in [0.717, 1.165) is 13.0 Å². The maximum absolute atomic E-state index is 12.4. The van der Waals surface area contributed by atoms with Crippen molar-refractivity contribution in [3.8, 4) is 17.4 Å². The molecule has 22 heavy (non-hydrogen) atoms. The Kier molecular flexibility index (Phi) is 3.86. The van der Waals surface area contributed by atoms with Gasteiger partial charge in [-0.05, 0) is 12.1 Å². The van der Waals surface area contributed by atoms with Crippen molar-refractivity contribution in [2.45, 2.75) is 13.0 Å². The molecule has 1 N–H and O–H groups in total. The van der Waals surface area contributed by atoms with Crippen molar-refractivity contribution in [1.29, 1.82) is 0 Å². The number of aryl methyl sites for hydroxylation is 1. The van der Waals surface area contributed by atoms with Gasteiger partial charge in [-0.1, -0.05) is 0 Å². The summed E-state index contributed by atoms with van der Waals surface area (Å²) in [6.07, 6.45) is 2.42. The number of methoxy groups -OCH3 is 2. The Balaban J connectivity index is 1.81. The van der Waals surface area contributed by atoms with Crippen LogP contribution in [0.3, 0.4) is 0 Å². The number of ether oxygens (including phenoxy) is 3. The number of carbonyl (C=O) groups is 1. The van der Waals surface area contributed by atoms with E-state index in [2.05, 4.69) is 10.4 Å². The number of benzene rings is 1. The van der Waals surface area contributed by atoms with E-state index in [4.69, 9.17) is 14.2 Å². The zero-order valence-corrected chi connectivity index (χ0v) is 12.5. The van der Waals surface area contributed by atoms with Crippen LogP contribution >= 0.6 is 0 Å². The lowest BCUT2D eigenvalue weighted by Crippen LogP contribution is -2.18. The third-order valence-electron chi connectivity index (χ3n) is 3.43. The van der Waals surface area contributed by atoms with Crippen molar-refractivity contribution >= 4 is 11.6 Å². The van der Waals surface area contributed by atoms with Gasteiger partial charge in [-0.15, -0.1) is 0 Å². The molecule has 0 spiro atoms. The van der Waals surface area contributed by atoms with Crippen molar-refractivity contribution in [3.05, 3.63) is 30.0 Å². The standard InChI is InChI=1S/C15H17N3O4/c1-20-12-5-4-10(8-13(12)21-2)17-14(19)11-9-16-18-6-3-7-22-15(11)18/h4-5,8-9H,3,6-7H2,1-2H3,(H,17,19). The minimum Gasteiger partial charge on any atom is -0.493 e. The fourth-order valence-electron chi connectivity index (χ4n) is 2.34. The van der Waals surface area contributed by atoms with E-state index in [-0.39, 0.29) is 5.91 Å². The average molecular weight is 303 g/mol. The van der Waals surface area contributed by atoms with Crippen LogP contribution in [0.25, 0.3) is 0 Å². The second kappa shape index (κ2) is 5.97. The molecular formula is C15H17N3O4. The van der Waals surface area contributed by atoms with Crippen molar-refractivity contribution < 1.29 is 19.0 Å². The molecule has 0 unspecified atom stereocenters. The van der Waals surface area contributed by atoms with Gasteiger partial charge in [-0.25, -0.2) is 4.68 Å². The molecule has 0 bridgehead atoms. The van der Waals surface area contributed by atoms with Crippen LogP contribution in [-0.4, -0.2) is 36.5 Å². The largest absolute Gasteiger partial charge is 0.493 e. The summed E-state index contributed by atoms with van der Waals surface area (Å²) in [7, 11) is 3.11. The predicted octanol–water partition coefficient (Wildman–Crippen LogP) is 1.94. The minimum atomic E-state index is -0.268. The highest BCUT2D eigenvalue weighted by Gasteiger charge is 2.21. The number of carbonyl (C=O) groups excluding carboxylic acids is 1. The SMILES string of the molecule is COc1ccc(NC(=O)c2cnn3c2OCCC3)cc1OC. The summed E-state index contributed by atoms with van der Waals surface area (Å²) in [6, 6.07) is 5.18. The quantitative estimate of drug-likeness (QED) is 0.934. The Morgan fingerprint density at radius 3 is 2.91 bits per heavy atom. The summed E-state index contributed by atoms with van der Waals surface area (Å²) in [4.78, 5) is 12.4. The maximum Gasteiger partial charge on any atom is 0.262 e. The molecule has 0 saturated heterocycles. The van der Waals surface area contributed by atoms with E-state index in [1.807, 2.05) is 0 Å². The van der Waals surface area contributed by atoms with E-state index >= 15 is 0 Å². The first-order chi connectivity index (χ1) is 10.7. The Morgan fingerprint density at radius 2 is 2.14 bits per heavy atom. The molecule has 2 heterocycles. The second-order valence-electron chi connectivity index (χ2n) is 4.81. The van der Waals surface area contributed by atoms with Crippen LogP contribution in [0.2, 0.25) is 0 Å². The zero-order valence-electron chi connectivity index (χ0n) is 12.5. The summed E-state index contributed by atoms with van der Waals surface area (Å²) >= 11 is 0. The Hall–Kier alpha value is -2.70. The van der Waals surface area contributed by atoms with Crippen LogP contribution in [0.5, 0.6) is 17.4 Å². The summed E-state index contributed by atoms with van der Waals surface area (Å²) in [5.41, 5.74) is 1.04. The maximum atomic E-state index is 12.4. The van der Waals surface area contributed by atoms with E-state index < -0.39 is 0 Å². The van der Waals surface area contributed by atoms with E-state index in [1.165, 1.54) is 6.20 Å². The highest BCUT2D eigenvalue weighted by Crippen LogP contribution is 2.30. The lowest BCUT2D eigenvalue weighted by atomic mass is 10.2. The van der Waals surface area contributed by atoms with Crippen LogP contribution in [-0.2, 0) is 6.54 Å². The normalized spacial score (nSPS) is 13.0. The summed E-state index contributed by atoms with van der Waals surface area (Å²) in [6.45, 7) is 1.36. The number of hydrogen-bond donors (Lipinski definition) is 1. The van der Waals surface area contributed by atoms with Crippen LogP contribution in [0.4, 0.5) is 5.69 Å². The van der Waals surface area contributed by atoms with Crippen molar-refractivity contribution in [3.63, 3.8) is 0 Å². The number of anilines is 1. The van der Waals surface area contributed by atoms with Crippen LogP contribution in [0.15, 0.2) is 24.4 Å². The van der Waals surface area contributed by atoms with Crippen molar-refractivity contribution in [2.24, 2.45) is 0 Å². The third-order valence-corrected chi connectivity index (χ3v) is 3.43. The molecule has 116 valence electrons. The van der Waals surface area contributed by atoms with Gasteiger partial charge in [0.1, 0.15) is 5.56 Å². The van der Waals surface area contributed by atoms with E-state index in [1.54, 1.807) is 37.1 Å². The molecule has 2 aromatic rings. The zero-order chi connectivity index (χ0) is 15.5. The van der Waals surface area contributed by atoms with Crippen LogP contribution < -0.4 is 19.5 Å². The molecule has 7 nitrogen and oxygen atoms in total. The number of fused-ring (bicyclic) bond motifs is 1. The first-order valence-corrected chi connectivity index (χ1v) is 6.95. The van der Waals surface area contributed by atoms with Gasteiger partial charge in [0.2, 0.25) is 5.88 Å². The van der Waals surface area contributed by atoms with Gasteiger partial charge in [0.25, 0.3) is 5.91 Å². The number of amides is 1. The topological polar surface area (TPSA) is 74.6 Å². The monoisotopic (exact) mass is 303 g/mol. The summed E-state index contributed by atoms with van der Waals surface area (Å²) < 4.78 is 17.6. The number of nitrogens with one attached hydrogen (secondary N) is 1. The second-order valence-corrected chi connectivity index (χ2v) is 4.81. The molecule has 1 aliphatic rings. The molecule has 1 aromatic carbocycles. The van der Waals surface area contributed by atoms with E-state index in [9.17, 15) is 4.79 Å². The fraction of sp³-hybridized carbons (Fsp3) is 0.333. The van der Waals surface area contributed by atoms with Gasteiger partial charge in [0, 0.05) is 24.7 Å². The molecule has 1 aliphatic heterocycles. The molecule has 0 atom stereocenters. The van der Waals surface area contributed by atoms with Gasteiger partial charge in [0.05, 0.1) is 27.0 Å². The van der Waals surface area contributed by atoms with Crippen molar-refractivity contribution in [1.82, 2.24) is 9.78 Å². The number of aromatic nitrogens is 2. The molecule has 1 amide bonds. The molecule has 0 radical (unpaired) electrons. The van der Waals surface area contributed by atoms with Crippen molar-refractivity contribution in [2.75, 3.05) is 26.1 Å². The van der Waals surface area contributed by atoms with Crippen LogP contribution in [0.1, 0.15) is 16.8 Å². The highest BCUT2D eigenvalue weighted by atomic mass is 16.5. The highest BCUT2D eigenvalue weighted by molar-refractivity contribution is 6.05. The fourth-order valence-corrected chi connectivity index (χ4v) is 2.34. The van der Waals surface area contributed by atoms with Gasteiger partial charge < -0.3 is 19.5 Å². The molecule has 3 rings (SSSR count). The summed E-state index contributed by atoms with van der Waals surface area (Å²) in [5, 5.41) is 6.98. The molecule has 7 heteroatoms. The lowest BCUT2D eigenvalue weighted by Gasteiger charge is -2.16. The molecule has 0 fully saturated rings. The molecule has 0 saturated carbocycles. The van der Waals surface area contributed by atoms with Crippen LogP contribution in [0, 0.1) is 0 Å². The number of nitrogens with zero attached hydrogens (tertiary/aromatic N) is 2. The first-order valence-electron chi connectivity index (χ1n) is 6.95. The number of rotatable bonds is 4. The Bertz CT molecular complexity index is 696. The molecule has 0 aliphatic carbocycles. The Morgan fingerprint density at radius 1 is 1.32 bits per heavy atom.